The van der Waals surface area contributed by atoms with Gasteiger partial charge in [-0.25, -0.2) is 4.79 Å². The lowest BCUT2D eigenvalue weighted by atomic mass is 9.72. The van der Waals surface area contributed by atoms with Gasteiger partial charge in [-0.3, -0.25) is 24.0 Å². The van der Waals surface area contributed by atoms with Crippen LogP contribution >= 0.6 is 0 Å². The molecule has 1 aromatic carbocycles. The first kappa shape index (κ1) is 35.3. The van der Waals surface area contributed by atoms with Crippen molar-refractivity contribution in [2.75, 3.05) is 39.3 Å². The second-order valence-corrected chi connectivity index (χ2v) is 13.5. The first-order chi connectivity index (χ1) is 21.2. The molecule has 0 aromatic heterocycles. The lowest BCUT2D eigenvalue weighted by molar-refractivity contribution is -0.141. The zero-order valence-corrected chi connectivity index (χ0v) is 27.0. The minimum absolute atomic E-state index is 0.0614. The number of hydrogen-bond acceptors (Lipinski definition) is 7. The van der Waals surface area contributed by atoms with Gasteiger partial charge in [0.1, 0.15) is 17.7 Å². The summed E-state index contributed by atoms with van der Waals surface area (Å²) in [5, 5.41) is 10.5. The van der Waals surface area contributed by atoms with Crippen LogP contribution in [0.25, 0.3) is 0 Å². The molecule has 2 fully saturated rings. The smallest absolute Gasteiger partial charge is 0.408 e. The highest BCUT2D eigenvalue weighted by Crippen LogP contribution is 2.39. The quantitative estimate of drug-likeness (QED) is 0.236. The summed E-state index contributed by atoms with van der Waals surface area (Å²) in [6, 6.07) is 7.21. The second kappa shape index (κ2) is 15.7. The van der Waals surface area contributed by atoms with E-state index in [4.69, 9.17) is 4.74 Å². The van der Waals surface area contributed by atoms with Crippen molar-refractivity contribution in [2.45, 2.75) is 78.0 Å². The fourth-order valence-electron chi connectivity index (χ4n) is 5.58. The third kappa shape index (κ3) is 11.4. The van der Waals surface area contributed by atoms with Gasteiger partial charge in [0, 0.05) is 38.0 Å². The van der Waals surface area contributed by atoms with E-state index in [1.54, 1.807) is 30.6 Å². The molecule has 2 heterocycles. The molecule has 2 aliphatic heterocycles. The lowest BCUT2D eigenvalue weighted by Gasteiger charge is -2.52. The summed E-state index contributed by atoms with van der Waals surface area (Å²) in [5.74, 6) is -1.80. The molecule has 2 saturated heterocycles. The average molecular weight is 629 g/mol. The SMILES string of the molecule is CC(C)CC(NC(=O)CNC(=O)C(Cc1ccccc1)NC(=O)OC(C)(C)C)C(=O)NCC(=O)N1CCC2(CC1)CN(C=O)C2. The number of nitrogens with zero attached hydrogens (tertiary/aromatic N) is 2. The molecule has 2 atom stereocenters. The van der Waals surface area contributed by atoms with Gasteiger partial charge in [0.2, 0.25) is 30.0 Å². The number of carbonyl (C=O) groups is 6. The molecule has 0 aliphatic carbocycles. The highest BCUT2D eigenvalue weighted by Gasteiger charge is 2.45. The van der Waals surface area contributed by atoms with Crippen molar-refractivity contribution in [1.29, 1.82) is 0 Å². The van der Waals surface area contributed by atoms with Crippen LogP contribution in [0.15, 0.2) is 30.3 Å². The van der Waals surface area contributed by atoms with E-state index in [2.05, 4.69) is 21.3 Å². The number of piperidine rings is 1. The van der Waals surface area contributed by atoms with Crippen molar-refractivity contribution < 1.29 is 33.5 Å². The predicted molar refractivity (Wildman–Crippen MR) is 167 cm³/mol. The van der Waals surface area contributed by atoms with Crippen molar-refractivity contribution >= 4 is 36.1 Å². The number of rotatable bonds is 13. The summed E-state index contributed by atoms with van der Waals surface area (Å²) < 4.78 is 5.31. The fraction of sp³-hybridized carbons (Fsp3) is 0.625. The predicted octanol–water partition coefficient (Wildman–Crippen LogP) is 0.967. The molecule has 1 spiro atoms. The van der Waals surface area contributed by atoms with E-state index in [-0.39, 0.29) is 30.2 Å². The van der Waals surface area contributed by atoms with Gasteiger partial charge in [0.25, 0.3) is 0 Å². The standard InChI is InChI=1S/C32H48N6O7/c1-22(2)15-24(28(42)34-18-27(41)38-13-11-32(12-14-38)19-37(20-32)21-39)35-26(40)17-33-29(43)25(16-23-9-7-6-8-10-23)36-30(44)45-31(3,4)5/h6-10,21-22,24-25H,11-20H2,1-5H3,(H,33,43)(H,34,42)(H,35,40)(H,36,44). The van der Waals surface area contributed by atoms with Crippen molar-refractivity contribution in [3.8, 4) is 0 Å². The van der Waals surface area contributed by atoms with Crippen LogP contribution in [0.1, 0.15) is 59.4 Å². The third-order valence-electron chi connectivity index (χ3n) is 7.89. The highest BCUT2D eigenvalue weighted by atomic mass is 16.6. The van der Waals surface area contributed by atoms with Gasteiger partial charge in [-0.15, -0.1) is 0 Å². The van der Waals surface area contributed by atoms with E-state index < -0.39 is 48.0 Å². The Morgan fingerprint density at radius 1 is 0.911 bits per heavy atom. The molecule has 2 unspecified atom stereocenters. The van der Waals surface area contributed by atoms with Gasteiger partial charge in [0.05, 0.1) is 13.1 Å². The van der Waals surface area contributed by atoms with E-state index in [0.717, 1.165) is 37.9 Å². The van der Waals surface area contributed by atoms with Crippen molar-refractivity contribution in [3.63, 3.8) is 0 Å². The van der Waals surface area contributed by atoms with Crippen LogP contribution in [0.2, 0.25) is 0 Å². The Morgan fingerprint density at radius 3 is 2.09 bits per heavy atom. The van der Waals surface area contributed by atoms with Crippen molar-refractivity contribution in [2.24, 2.45) is 11.3 Å². The number of nitrogens with one attached hydrogen (secondary N) is 4. The zero-order valence-electron chi connectivity index (χ0n) is 27.0. The number of benzene rings is 1. The molecule has 6 amide bonds. The van der Waals surface area contributed by atoms with Gasteiger partial charge in [-0.1, -0.05) is 44.2 Å². The van der Waals surface area contributed by atoms with Crippen LogP contribution in [0.4, 0.5) is 4.79 Å². The second-order valence-electron chi connectivity index (χ2n) is 13.5. The fourth-order valence-corrected chi connectivity index (χ4v) is 5.58. The average Bonchev–Trinajstić information content (AvgIpc) is 2.96. The van der Waals surface area contributed by atoms with Crippen LogP contribution in [-0.2, 0) is 35.1 Å². The monoisotopic (exact) mass is 628 g/mol. The molecule has 4 N–H and O–H groups in total. The highest BCUT2D eigenvalue weighted by molar-refractivity contribution is 5.93. The molecule has 1 aromatic rings. The molecule has 248 valence electrons. The largest absolute Gasteiger partial charge is 0.444 e. The maximum absolute atomic E-state index is 13.1. The van der Waals surface area contributed by atoms with E-state index in [0.29, 0.717) is 19.5 Å². The van der Waals surface area contributed by atoms with Gasteiger partial charge in [-0.05, 0) is 51.5 Å². The summed E-state index contributed by atoms with van der Waals surface area (Å²) in [7, 11) is 0. The molecule has 13 heteroatoms. The number of alkyl carbamates (subject to hydrolysis) is 1. The third-order valence-corrected chi connectivity index (χ3v) is 7.89. The van der Waals surface area contributed by atoms with Crippen LogP contribution < -0.4 is 21.3 Å². The minimum atomic E-state index is -1.01. The van der Waals surface area contributed by atoms with Crippen LogP contribution in [0.5, 0.6) is 0 Å². The van der Waals surface area contributed by atoms with Crippen molar-refractivity contribution in [3.05, 3.63) is 35.9 Å². The summed E-state index contributed by atoms with van der Waals surface area (Å²) in [5.41, 5.74) is 0.135. The number of carbonyl (C=O) groups excluding carboxylic acids is 6. The summed E-state index contributed by atoms with van der Waals surface area (Å²) in [6.07, 6.45) is 2.22. The molecule has 0 saturated carbocycles. The Kier molecular flexibility index (Phi) is 12.3. The first-order valence-electron chi connectivity index (χ1n) is 15.5. The van der Waals surface area contributed by atoms with E-state index in [1.165, 1.54) is 0 Å². The molecule has 3 rings (SSSR count). The molecule has 0 bridgehead atoms. The molecule has 45 heavy (non-hydrogen) atoms. The van der Waals surface area contributed by atoms with Gasteiger partial charge in [-0.2, -0.15) is 0 Å². The summed E-state index contributed by atoms with van der Waals surface area (Å²) in [4.78, 5) is 78.5. The number of hydrogen-bond donors (Lipinski definition) is 4. The molecular weight excluding hydrogens is 580 g/mol. The summed E-state index contributed by atoms with van der Waals surface area (Å²) >= 11 is 0. The number of ether oxygens (including phenoxy) is 1. The first-order valence-corrected chi connectivity index (χ1v) is 15.5. The maximum atomic E-state index is 13.1. The molecule has 0 radical (unpaired) electrons. The van der Waals surface area contributed by atoms with Crippen LogP contribution in [-0.4, -0.2) is 103 Å². The Balaban J connectivity index is 1.50. The Hall–Kier alpha value is -4.16. The lowest BCUT2D eigenvalue weighted by Crippen LogP contribution is -2.60. The van der Waals surface area contributed by atoms with E-state index in [9.17, 15) is 28.8 Å². The Labute approximate surface area is 265 Å². The van der Waals surface area contributed by atoms with E-state index >= 15 is 0 Å². The van der Waals surface area contributed by atoms with Crippen LogP contribution in [0, 0.1) is 11.3 Å². The number of likely N-dealkylation sites (tertiary alicyclic amines) is 2. The molecular formula is C32H48N6O7. The van der Waals surface area contributed by atoms with Gasteiger partial charge >= 0.3 is 6.09 Å². The minimum Gasteiger partial charge on any atom is -0.444 e. The zero-order chi connectivity index (χ0) is 33.2. The normalized spacial score (nSPS) is 17.0. The van der Waals surface area contributed by atoms with Gasteiger partial charge in [0.15, 0.2) is 0 Å². The van der Waals surface area contributed by atoms with Gasteiger partial charge < -0.3 is 35.8 Å². The Bertz CT molecular complexity index is 1200. The van der Waals surface area contributed by atoms with E-state index in [1.807, 2.05) is 44.2 Å². The topological polar surface area (TPSA) is 166 Å². The number of amides is 6. The van der Waals surface area contributed by atoms with Crippen LogP contribution in [0.3, 0.4) is 0 Å². The molecule has 13 nitrogen and oxygen atoms in total. The van der Waals surface area contributed by atoms with Crippen molar-refractivity contribution in [1.82, 2.24) is 31.1 Å². The maximum Gasteiger partial charge on any atom is 0.408 e. The molecule has 2 aliphatic rings. The summed E-state index contributed by atoms with van der Waals surface area (Å²) in [6.45, 7) is 10.9. The Morgan fingerprint density at radius 2 is 1.51 bits per heavy atom.